The summed E-state index contributed by atoms with van der Waals surface area (Å²) in [7, 11) is 3.30. The molecule has 228 valence electrons. The van der Waals surface area contributed by atoms with Gasteiger partial charge in [-0.3, -0.25) is 14.4 Å². The first-order valence-electron chi connectivity index (χ1n) is 14.1. The number of ether oxygens (including phenoxy) is 2. The van der Waals surface area contributed by atoms with E-state index in [0.717, 1.165) is 11.1 Å². The summed E-state index contributed by atoms with van der Waals surface area (Å²) in [6.07, 6.45) is 3.59. The van der Waals surface area contributed by atoms with Gasteiger partial charge >= 0.3 is 12.1 Å². The van der Waals surface area contributed by atoms with Gasteiger partial charge in [0.1, 0.15) is 18.2 Å². The predicted molar refractivity (Wildman–Crippen MR) is 161 cm³/mol. The van der Waals surface area contributed by atoms with Gasteiger partial charge in [-0.05, 0) is 57.7 Å². The molecular weight excluding hydrogens is 536 g/mol. The van der Waals surface area contributed by atoms with Crippen molar-refractivity contribution < 1.29 is 28.7 Å². The Morgan fingerprint density at radius 2 is 1.52 bits per heavy atom. The minimum atomic E-state index is -0.900. The maximum Gasteiger partial charge on any atom is 0.408 e. The van der Waals surface area contributed by atoms with E-state index in [1.807, 2.05) is 60.7 Å². The topological polar surface area (TPSA) is 126 Å². The predicted octanol–water partition coefficient (Wildman–Crippen LogP) is 3.36. The van der Waals surface area contributed by atoms with Crippen LogP contribution < -0.4 is 16.0 Å². The van der Waals surface area contributed by atoms with Crippen LogP contribution in [0.2, 0.25) is 0 Å². The lowest BCUT2D eigenvalue weighted by Gasteiger charge is -2.25. The van der Waals surface area contributed by atoms with Crippen LogP contribution in [0.4, 0.5) is 4.79 Å². The molecular formula is C32H44N4O6. The van der Waals surface area contributed by atoms with Gasteiger partial charge < -0.3 is 30.3 Å². The van der Waals surface area contributed by atoms with Crippen LogP contribution in [-0.2, 0) is 36.9 Å². The Kier molecular flexibility index (Phi) is 14.3. The number of hydrogen-bond donors (Lipinski definition) is 3. The first-order valence-corrected chi connectivity index (χ1v) is 14.1. The van der Waals surface area contributed by atoms with Crippen LogP contribution >= 0.6 is 0 Å². The molecule has 0 bridgehead atoms. The molecule has 10 heteroatoms. The average molecular weight is 581 g/mol. The van der Waals surface area contributed by atoms with Crippen molar-refractivity contribution in [1.82, 2.24) is 20.9 Å². The van der Waals surface area contributed by atoms with Gasteiger partial charge in [-0.1, -0.05) is 66.7 Å². The Hall–Kier alpha value is -4.18. The number of benzene rings is 2. The lowest BCUT2D eigenvalue weighted by atomic mass is 10.0. The summed E-state index contributed by atoms with van der Waals surface area (Å²) in [6, 6.07) is 17.6. The molecule has 0 aliphatic heterocycles. The van der Waals surface area contributed by atoms with Crippen LogP contribution in [0.15, 0.2) is 72.8 Å². The van der Waals surface area contributed by atoms with E-state index < -0.39 is 29.7 Å². The molecule has 42 heavy (non-hydrogen) atoms. The fraction of sp³-hybridized carbons (Fsp3) is 0.438. The van der Waals surface area contributed by atoms with E-state index in [1.165, 1.54) is 11.0 Å². The van der Waals surface area contributed by atoms with Crippen molar-refractivity contribution in [1.29, 1.82) is 0 Å². The molecule has 0 aliphatic carbocycles. The molecule has 0 aromatic heterocycles. The highest BCUT2D eigenvalue weighted by atomic mass is 16.6. The smallest absolute Gasteiger partial charge is 0.408 e. The first-order chi connectivity index (χ1) is 19.9. The monoisotopic (exact) mass is 580 g/mol. The number of nitrogens with zero attached hydrogens (tertiary/aromatic N) is 1. The Morgan fingerprint density at radius 3 is 2.12 bits per heavy atom. The summed E-state index contributed by atoms with van der Waals surface area (Å²) < 4.78 is 10.6. The summed E-state index contributed by atoms with van der Waals surface area (Å²) in [5.41, 5.74) is 1.14. The van der Waals surface area contributed by atoms with Crippen LogP contribution in [0, 0.1) is 0 Å². The molecule has 0 saturated carbocycles. The van der Waals surface area contributed by atoms with Crippen molar-refractivity contribution in [3.05, 3.63) is 83.9 Å². The number of carbonyl (C=O) groups is 4. The van der Waals surface area contributed by atoms with Crippen LogP contribution in [-0.4, -0.2) is 73.6 Å². The maximum absolute atomic E-state index is 13.4. The zero-order valence-electron chi connectivity index (χ0n) is 25.2. The highest BCUT2D eigenvalue weighted by molar-refractivity contribution is 5.88. The van der Waals surface area contributed by atoms with Crippen LogP contribution in [0.3, 0.4) is 0 Å². The minimum Gasteiger partial charge on any atom is -0.460 e. The molecule has 0 spiro atoms. The number of esters is 1. The second-order valence-corrected chi connectivity index (χ2v) is 11.1. The zero-order valence-corrected chi connectivity index (χ0v) is 25.2. The molecule has 0 radical (unpaired) electrons. The van der Waals surface area contributed by atoms with Crippen LogP contribution in [0.5, 0.6) is 0 Å². The molecule has 0 saturated heterocycles. The number of rotatable bonds is 15. The fourth-order valence-corrected chi connectivity index (χ4v) is 3.80. The van der Waals surface area contributed by atoms with Gasteiger partial charge in [-0.25, -0.2) is 4.79 Å². The quantitative estimate of drug-likeness (QED) is 0.168. The van der Waals surface area contributed by atoms with Crippen molar-refractivity contribution in [2.75, 3.05) is 27.2 Å². The van der Waals surface area contributed by atoms with Crippen molar-refractivity contribution >= 4 is 23.9 Å². The first kappa shape index (κ1) is 34.0. The van der Waals surface area contributed by atoms with Crippen molar-refractivity contribution in [3.63, 3.8) is 0 Å². The summed E-state index contributed by atoms with van der Waals surface area (Å²) in [4.78, 5) is 51.6. The van der Waals surface area contributed by atoms with Crippen LogP contribution in [0.25, 0.3) is 0 Å². The van der Waals surface area contributed by atoms with E-state index >= 15 is 0 Å². The molecule has 2 aromatic rings. The number of alkyl carbamates (subject to hydrolysis) is 1. The number of likely N-dealkylation sites (N-methyl/N-ethyl adjacent to an activating group) is 1. The zero-order chi connectivity index (χ0) is 31.0. The van der Waals surface area contributed by atoms with Gasteiger partial charge in [-0.2, -0.15) is 0 Å². The van der Waals surface area contributed by atoms with E-state index in [-0.39, 0.29) is 31.4 Å². The van der Waals surface area contributed by atoms with Crippen molar-refractivity contribution in [3.8, 4) is 0 Å². The van der Waals surface area contributed by atoms with Gasteiger partial charge in [0, 0.05) is 20.2 Å². The van der Waals surface area contributed by atoms with E-state index in [9.17, 15) is 19.2 Å². The summed E-state index contributed by atoms with van der Waals surface area (Å²) >= 11 is 0. The Morgan fingerprint density at radius 1 is 0.905 bits per heavy atom. The van der Waals surface area contributed by atoms with E-state index in [4.69, 9.17) is 9.47 Å². The summed E-state index contributed by atoms with van der Waals surface area (Å²) in [5, 5.41) is 8.65. The number of amides is 3. The SMILES string of the molecule is CN(C)C(=O)C=CC(Cc1ccccc1)NC(=O)C(CCCNCC(=O)OCc1ccccc1)NC(=O)OC(C)(C)C. The largest absolute Gasteiger partial charge is 0.460 e. The third kappa shape index (κ3) is 14.5. The summed E-state index contributed by atoms with van der Waals surface area (Å²) in [5.74, 6) is -1.01. The van der Waals surface area contributed by atoms with E-state index in [1.54, 1.807) is 40.9 Å². The highest BCUT2D eigenvalue weighted by Crippen LogP contribution is 2.10. The van der Waals surface area contributed by atoms with Gasteiger partial charge in [0.05, 0.1) is 12.6 Å². The molecule has 2 aromatic carbocycles. The van der Waals surface area contributed by atoms with Crippen molar-refractivity contribution in [2.24, 2.45) is 0 Å². The molecule has 2 atom stereocenters. The van der Waals surface area contributed by atoms with Gasteiger partial charge in [0.25, 0.3) is 0 Å². The Balaban J connectivity index is 1.99. The fourth-order valence-electron chi connectivity index (χ4n) is 3.80. The minimum absolute atomic E-state index is 0.0209. The average Bonchev–Trinajstić information content (AvgIpc) is 2.93. The lowest BCUT2D eigenvalue weighted by Crippen LogP contribution is -2.51. The molecule has 3 N–H and O–H groups in total. The molecule has 0 aliphatic rings. The molecule has 2 rings (SSSR count). The van der Waals surface area contributed by atoms with E-state index in [0.29, 0.717) is 19.4 Å². The molecule has 2 unspecified atom stereocenters. The second-order valence-electron chi connectivity index (χ2n) is 11.1. The molecule has 0 heterocycles. The normalized spacial score (nSPS) is 12.7. The van der Waals surface area contributed by atoms with Gasteiger partial charge in [-0.15, -0.1) is 0 Å². The molecule has 10 nitrogen and oxygen atoms in total. The summed E-state index contributed by atoms with van der Waals surface area (Å²) in [6.45, 7) is 5.86. The maximum atomic E-state index is 13.4. The lowest BCUT2D eigenvalue weighted by molar-refractivity contribution is -0.143. The molecule has 3 amide bonds. The number of carbonyl (C=O) groups excluding carboxylic acids is 4. The third-order valence-electron chi connectivity index (χ3n) is 5.90. The van der Waals surface area contributed by atoms with Crippen LogP contribution in [0.1, 0.15) is 44.7 Å². The Labute approximate surface area is 248 Å². The van der Waals surface area contributed by atoms with Crippen molar-refractivity contribution in [2.45, 2.75) is 64.3 Å². The molecule has 0 fully saturated rings. The Bertz CT molecular complexity index is 1160. The second kappa shape index (κ2) is 17.6. The number of nitrogens with one attached hydrogen (secondary N) is 3. The third-order valence-corrected chi connectivity index (χ3v) is 5.90. The van der Waals surface area contributed by atoms with E-state index in [2.05, 4.69) is 16.0 Å². The highest BCUT2D eigenvalue weighted by Gasteiger charge is 2.25. The number of hydrogen-bond acceptors (Lipinski definition) is 7. The van der Waals surface area contributed by atoms with Gasteiger partial charge in [0.2, 0.25) is 11.8 Å². The standard InChI is InChI=1S/C32H44N4O6/c1-32(2,3)42-31(40)35-27(17-12-20-33-22-29(38)41-23-25-15-10-7-11-16-25)30(39)34-26(18-19-28(37)36(4)5)21-24-13-8-6-9-14-24/h6-11,13-16,18-19,26-27,33H,12,17,20-23H2,1-5H3,(H,34,39)(H,35,40). The van der Waals surface area contributed by atoms with Gasteiger partial charge in [0.15, 0.2) is 0 Å².